The maximum atomic E-state index is 7.38. The Kier molecular flexibility index (Phi) is 5.04. The maximum absolute atomic E-state index is 7.38. The molecule has 7 rings (SSSR count). The van der Waals surface area contributed by atoms with Crippen LogP contribution in [0.1, 0.15) is 27.8 Å². The summed E-state index contributed by atoms with van der Waals surface area (Å²) >= 11 is 0. The summed E-state index contributed by atoms with van der Waals surface area (Å²) in [6, 6.07) is 41.0. The number of carbonyl (C=O) groups excluding carboxylic acids is 1. The minimum atomic E-state index is -0.599. The second-order valence-corrected chi connectivity index (χ2v) is 9.86. The number of benzene rings is 4. The van der Waals surface area contributed by atoms with Gasteiger partial charge in [-0.25, -0.2) is 4.42 Å². The van der Waals surface area contributed by atoms with Crippen molar-refractivity contribution >= 4 is 11.4 Å². The molecule has 176 valence electrons. The molecule has 0 bridgehead atoms. The van der Waals surface area contributed by atoms with Gasteiger partial charge in [-0.05, 0) is 33.9 Å². The summed E-state index contributed by atoms with van der Waals surface area (Å²) in [4.78, 5) is 0. The quantitative estimate of drug-likeness (QED) is 0.211. The zero-order valence-electron chi connectivity index (χ0n) is 20.5. The molecule has 1 aliphatic heterocycles. The van der Waals surface area contributed by atoms with Gasteiger partial charge in [0.25, 0.3) is 0 Å². The largest absolute Gasteiger partial charge is 0.340 e. The summed E-state index contributed by atoms with van der Waals surface area (Å²) in [5.74, 6) is 1.03. The summed E-state index contributed by atoms with van der Waals surface area (Å²) < 4.78 is 7.38. The van der Waals surface area contributed by atoms with E-state index in [2.05, 4.69) is 158 Å². The Balaban J connectivity index is 1.55. The lowest BCUT2D eigenvalue weighted by Crippen LogP contribution is -2.39. The first-order valence-corrected chi connectivity index (χ1v) is 12.9. The number of fused-ring (bicyclic) bond motifs is 5. The van der Waals surface area contributed by atoms with Gasteiger partial charge in [-0.15, -0.1) is 0 Å². The highest BCUT2D eigenvalue weighted by Gasteiger charge is 2.62. The normalized spacial score (nSPS) is 21.4. The molecule has 0 saturated carbocycles. The van der Waals surface area contributed by atoms with E-state index in [1.807, 2.05) is 0 Å². The summed E-state index contributed by atoms with van der Waals surface area (Å²) in [7, 11) is 0. The highest BCUT2D eigenvalue weighted by atomic mass is 16.4. The van der Waals surface area contributed by atoms with Crippen molar-refractivity contribution in [3.05, 3.63) is 186 Å². The predicted molar refractivity (Wildman–Crippen MR) is 151 cm³/mol. The smallest absolute Gasteiger partial charge is 0.241 e. The van der Waals surface area contributed by atoms with Gasteiger partial charge in [-0.3, -0.25) is 0 Å². The van der Waals surface area contributed by atoms with Crippen LogP contribution in [0.15, 0.2) is 158 Å². The molecule has 1 spiro atoms. The van der Waals surface area contributed by atoms with Crippen molar-refractivity contribution in [2.45, 2.75) is 11.0 Å². The van der Waals surface area contributed by atoms with Crippen molar-refractivity contribution in [2.24, 2.45) is 5.92 Å². The van der Waals surface area contributed by atoms with Gasteiger partial charge < -0.3 is 0 Å². The Bertz CT molecular complexity index is 1510. The van der Waals surface area contributed by atoms with Gasteiger partial charge in [0.1, 0.15) is 5.92 Å². The molecule has 2 aliphatic carbocycles. The zero-order valence-corrected chi connectivity index (χ0v) is 20.5. The molecule has 2 atom stereocenters. The Hall–Kier alpha value is -4.49. The Morgan fingerprint density at radius 3 is 1.78 bits per heavy atom. The number of rotatable bonds is 4. The summed E-state index contributed by atoms with van der Waals surface area (Å²) in [5, 5.41) is 0. The molecule has 2 unspecified atom stereocenters. The zero-order chi connectivity index (χ0) is 24.7. The molecular formula is C36H27O+. The first-order chi connectivity index (χ1) is 18.3. The molecule has 37 heavy (non-hydrogen) atoms. The first-order valence-electron chi connectivity index (χ1n) is 12.9. The maximum Gasteiger partial charge on any atom is 0.340 e. The molecule has 0 aromatic heterocycles. The van der Waals surface area contributed by atoms with Crippen LogP contribution >= 0.6 is 0 Å². The van der Waals surface area contributed by atoms with Crippen LogP contribution in [0.2, 0.25) is 0 Å². The molecule has 1 heterocycles. The van der Waals surface area contributed by atoms with Crippen LogP contribution in [-0.4, -0.2) is 5.78 Å². The van der Waals surface area contributed by atoms with E-state index in [9.17, 15) is 0 Å². The average Bonchev–Trinajstić information content (AvgIpc) is 3.40. The monoisotopic (exact) mass is 475 g/mol. The summed E-state index contributed by atoms with van der Waals surface area (Å²) in [5.41, 5.74) is 6.15. The van der Waals surface area contributed by atoms with Crippen LogP contribution in [0.25, 0.3) is 5.57 Å². The van der Waals surface area contributed by atoms with Crippen molar-refractivity contribution in [1.82, 2.24) is 0 Å². The third-order valence-electron chi connectivity index (χ3n) is 8.01. The molecule has 0 N–H and O–H groups in total. The summed E-state index contributed by atoms with van der Waals surface area (Å²) in [6.07, 6.45) is 15.4. The molecular weight excluding hydrogens is 448 g/mol. The van der Waals surface area contributed by atoms with Gasteiger partial charge in [0, 0.05) is 12.2 Å². The Labute approximate surface area is 218 Å². The predicted octanol–water partition coefficient (Wildman–Crippen LogP) is 7.73. The third kappa shape index (κ3) is 3.14. The van der Waals surface area contributed by atoms with E-state index >= 15 is 0 Å². The lowest BCUT2D eigenvalue weighted by atomic mass is 9.66. The number of hydrogen-bond acceptors (Lipinski definition) is 0. The lowest BCUT2D eigenvalue weighted by Gasteiger charge is -2.30. The average molecular weight is 476 g/mol. The molecule has 4 aromatic rings. The van der Waals surface area contributed by atoms with Gasteiger partial charge >= 0.3 is 11.4 Å². The third-order valence-corrected chi connectivity index (χ3v) is 8.01. The van der Waals surface area contributed by atoms with Crippen molar-refractivity contribution in [2.75, 3.05) is 0 Å². The van der Waals surface area contributed by atoms with E-state index in [1.54, 1.807) is 0 Å². The van der Waals surface area contributed by atoms with Crippen LogP contribution in [0.4, 0.5) is 0 Å². The van der Waals surface area contributed by atoms with Crippen LogP contribution in [-0.2, 0) is 15.4 Å². The van der Waals surface area contributed by atoms with Crippen molar-refractivity contribution in [3.63, 3.8) is 0 Å². The Morgan fingerprint density at radius 2 is 1.16 bits per heavy atom. The molecule has 0 radical (unpaired) electrons. The van der Waals surface area contributed by atoms with E-state index in [0.29, 0.717) is 0 Å². The molecule has 0 amide bonds. The van der Waals surface area contributed by atoms with Crippen molar-refractivity contribution < 1.29 is 4.42 Å². The van der Waals surface area contributed by atoms with E-state index in [0.717, 1.165) is 5.78 Å². The van der Waals surface area contributed by atoms with Gasteiger partial charge in [-0.1, -0.05) is 140 Å². The van der Waals surface area contributed by atoms with E-state index < -0.39 is 11.0 Å². The lowest BCUT2D eigenvalue weighted by molar-refractivity contribution is -0.548. The highest BCUT2D eigenvalue weighted by molar-refractivity contribution is 6.06. The van der Waals surface area contributed by atoms with Crippen LogP contribution < -0.4 is 0 Å². The highest BCUT2D eigenvalue weighted by Crippen LogP contribution is 2.54. The molecule has 3 aliphatic rings. The van der Waals surface area contributed by atoms with Crippen LogP contribution in [0.3, 0.4) is 0 Å². The van der Waals surface area contributed by atoms with Gasteiger partial charge in [0.2, 0.25) is 0 Å². The molecule has 1 nitrogen and oxygen atoms in total. The molecule has 0 saturated heterocycles. The fourth-order valence-electron chi connectivity index (χ4n) is 6.43. The van der Waals surface area contributed by atoms with Crippen molar-refractivity contribution in [1.29, 1.82) is 0 Å². The van der Waals surface area contributed by atoms with E-state index in [4.69, 9.17) is 4.42 Å². The second kappa shape index (κ2) is 8.57. The van der Waals surface area contributed by atoms with Crippen molar-refractivity contribution in [3.8, 4) is 0 Å². The van der Waals surface area contributed by atoms with Gasteiger partial charge in [0.15, 0.2) is 5.41 Å². The minimum absolute atomic E-state index is 0.0914. The second-order valence-electron chi connectivity index (χ2n) is 9.86. The summed E-state index contributed by atoms with van der Waals surface area (Å²) in [6.45, 7) is 0. The van der Waals surface area contributed by atoms with Crippen LogP contribution in [0, 0.1) is 5.92 Å². The Morgan fingerprint density at radius 1 is 0.595 bits per heavy atom. The van der Waals surface area contributed by atoms with E-state index in [1.165, 1.54) is 33.4 Å². The standard InChI is InChI=1S/C36H27O/c1-5-15-27(16-6-1)36(28-17-7-2-8-18-28,29-19-9-3-10-20-29)34-25-26-35(37-34)32-23-12-4-11-21-30(32)31-22-13-14-24-33(31)35/h1-26,32H/q+1. The fraction of sp³-hybridized carbons (Fsp3) is 0.0833. The first kappa shape index (κ1) is 21.8. The van der Waals surface area contributed by atoms with E-state index in [-0.39, 0.29) is 5.92 Å². The minimum Gasteiger partial charge on any atom is -0.241 e. The van der Waals surface area contributed by atoms with Gasteiger partial charge in [0.05, 0.1) is 5.56 Å². The topological polar surface area (TPSA) is 11.3 Å². The SMILES string of the molecule is C1=CC=C2c3ccccc3C3(C=CC(C(c4ccccc4)(c4ccccc4)c4ccccc4)=[O+]3)C2C=C1. The number of ketones is 1. The number of hydrogen-bond donors (Lipinski definition) is 0. The number of allylic oxidation sites excluding steroid dienone is 5. The molecule has 0 fully saturated rings. The van der Waals surface area contributed by atoms with Crippen LogP contribution in [0.5, 0.6) is 0 Å². The molecule has 4 aromatic carbocycles. The fourth-order valence-corrected chi connectivity index (χ4v) is 6.43. The van der Waals surface area contributed by atoms with Gasteiger partial charge in [-0.2, -0.15) is 0 Å². The molecule has 1 heteroatoms.